The summed E-state index contributed by atoms with van der Waals surface area (Å²) in [5.41, 5.74) is 0. The van der Waals surface area contributed by atoms with Crippen LogP contribution in [0.2, 0.25) is 0 Å². The smallest absolute Gasteiger partial charge is 0.263 e. The van der Waals surface area contributed by atoms with Crippen molar-refractivity contribution in [1.29, 1.82) is 0 Å². The van der Waals surface area contributed by atoms with Crippen LogP contribution in [0.15, 0.2) is 16.9 Å². The number of unbranched alkanes of at least 4 members (excludes halogenated alkanes) is 7. The SMILES string of the molecule is CCCCCCCCCCC(=O)c1ncco1. The summed E-state index contributed by atoms with van der Waals surface area (Å²) in [5.74, 6) is 0.286. The lowest BCUT2D eigenvalue weighted by molar-refractivity contribution is 0.0945. The third-order valence-corrected chi connectivity index (χ3v) is 2.93. The average molecular weight is 237 g/mol. The zero-order chi connectivity index (χ0) is 12.3. The highest BCUT2D eigenvalue weighted by atomic mass is 16.3. The Morgan fingerprint density at radius 1 is 1.12 bits per heavy atom. The first kappa shape index (κ1) is 13.9. The van der Waals surface area contributed by atoms with E-state index in [-0.39, 0.29) is 11.7 Å². The van der Waals surface area contributed by atoms with Gasteiger partial charge < -0.3 is 4.42 Å². The third-order valence-electron chi connectivity index (χ3n) is 2.93. The molecule has 0 N–H and O–H groups in total. The molecule has 1 rings (SSSR count). The number of ketones is 1. The van der Waals surface area contributed by atoms with Gasteiger partial charge in [-0.15, -0.1) is 0 Å². The summed E-state index contributed by atoms with van der Waals surface area (Å²) in [6, 6.07) is 0. The summed E-state index contributed by atoms with van der Waals surface area (Å²) in [7, 11) is 0. The molecule has 0 aliphatic carbocycles. The first-order valence-corrected chi connectivity index (χ1v) is 6.77. The van der Waals surface area contributed by atoms with Crippen LogP contribution in [0.5, 0.6) is 0 Å². The highest BCUT2D eigenvalue weighted by Gasteiger charge is 2.09. The van der Waals surface area contributed by atoms with Crippen molar-refractivity contribution in [3.05, 3.63) is 18.4 Å². The minimum atomic E-state index is 0.0287. The fourth-order valence-corrected chi connectivity index (χ4v) is 1.89. The highest BCUT2D eigenvalue weighted by Crippen LogP contribution is 2.11. The summed E-state index contributed by atoms with van der Waals surface area (Å²) in [6.45, 7) is 2.23. The van der Waals surface area contributed by atoms with E-state index in [1.165, 1.54) is 51.0 Å². The van der Waals surface area contributed by atoms with Gasteiger partial charge in [-0.2, -0.15) is 0 Å². The van der Waals surface area contributed by atoms with Crippen molar-refractivity contribution in [3.63, 3.8) is 0 Å². The number of hydrogen-bond acceptors (Lipinski definition) is 3. The molecule has 96 valence electrons. The van der Waals surface area contributed by atoms with E-state index in [1.807, 2.05) is 0 Å². The van der Waals surface area contributed by atoms with Gasteiger partial charge in [0, 0.05) is 6.42 Å². The first-order valence-electron chi connectivity index (χ1n) is 6.77. The second kappa shape index (κ2) is 8.97. The van der Waals surface area contributed by atoms with E-state index in [0.29, 0.717) is 6.42 Å². The number of carbonyl (C=O) groups is 1. The van der Waals surface area contributed by atoms with Crippen molar-refractivity contribution in [3.8, 4) is 0 Å². The van der Waals surface area contributed by atoms with Gasteiger partial charge in [0.2, 0.25) is 5.78 Å². The number of rotatable bonds is 10. The van der Waals surface area contributed by atoms with E-state index >= 15 is 0 Å². The zero-order valence-electron chi connectivity index (χ0n) is 10.8. The van der Waals surface area contributed by atoms with Gasteiger partial charge in [0.05, 0.1) is 6.20 Å². The second-order valence-electron chi connectivity index (χ2n) is 4.49. The second-order valence-corrected chi connectivity index (χ2v) is 4.49. The Balaban J connectivity index is 1.92. The minimum Gasteiger partial charge on any atom is -0.442 e. The molecule has 1 aromatic heterocycles. The molecule has 17 heavy (non-hydrogen) atoms. The molecule has 0 unspecified atom stereocenters. The highest BCUT2D eigenvalue weighted by molar-refractivity contribution is 5.91. The molecule has 0 bridgehead atoms. The van der Waals surface area contributed by atoms with Crippen molar-refractivity contribution >= 4 is 5.78 Å². The van der Waals surface area contributed by atoms with E-state index in [4.69, 9.17) is 4.42 Å². The molecular weight excluding hydrogens is 214 g/mol. The lowest BCUT2D eigenvalue weighted by Gasteiger charge is -2.00. The van der Waals surface area contributed by atoms with Gasteiger partial charge in [-0.3, -0.25) is 4.79 Å². The van der Waals surface area contributed by atoms with Gasteiger partial charge >= 0.3 is 0 Å². The number of hydrogen-bond donors (Lipinski definition) is 0. The Hall–Kier alpha value is -1.12. The Kier molecular flexibility index (Phi) is 7.35. The maximum Gasteiger partial charge on any atom is 0.263 e. The monoisotopic (exact) mass is 237 g/mol. The predicted octanol–water partition coefficient (Wildman–Crippen LogP) is 4.39. The van der Waals surface area contributed by atoms with Gasteiger partial charge in [-0.25, -0.2) is 4.98 Å². The van der Waals surface area contributed by atoms with Crippen molar-refractivity contribution < 1.29 is 9.21 Å². The van der Waals surface area contributed by atoms with Gasteiger partial charge in [0.25, 0.3) is 5.89 Å². The quantitative estimate of drug-likeness (QED) is 0.448. The normalized spacial score (nSPS) is 10.6. The van der Waals surface area contributed by atoms with E-state index in [0.717, 1.165) is 12.8 Å². The Morgan fingerprint density at radius 2 is 1.76 bits per heavy atom. The molecule has 1 heterocycles. The standard InChI is InChI=1S/C14H23NO2/c1-2-3-4-5-6-7-8-9-10-13(16)14-15-11-12-17-14/h11-12H,2-10H2,1H3. The van der Waals surface area contributed by atoms with Crippen LogP contribution >= 0.6 is 0 Å². The summed E-state index contributed by atoms with van der Waals surface area (Å²) >= 11 is 0. The van der Waals surface area contributed by atoms with Crippen molar-refractivity contribution in [2.75, 3.05) is 0 Å². The summed E-state index contributed by atoms with van der Waals surface area (Å²) in [4.78, 5) is 15.4. The van der Waals surface area contributed by atoms with Crippen LogP contribution in [-0.2, 0) is 0 Å². The van der Waals surface area contributed by atoms with Crippen LogP contribution in [-0.4, -0.2) is 10.8 Å². The summed E-state index contributed by atoms with van der Waals surface area (Å²) < 4.78 is 4.96. The van der Waals surface area contributed by atoms with Crippen molar-refractivity contribution in [1.82, 2.24) is 4.98 Å². The molecule has 0 radical (unpaired) electrons. The Morgan fingerprint density at radius 3 is 2.35 bits per heavy atom. The molecule has 0 saturated carbocycles. The minimum absolute atomic E-state index is 0.0287. The fourth-order valence-electron chi connectivity index (χ4n) is 1.89. The lowest BCUT2D eigenvalue weighted by Crippen LogP contribution is -1.98. The molecule has 0 spiro atoms. The van der Waals surface area contributed by atoms with Gasteiger partial charge in [0.15, 0.2) is 0 Å². The number of carbonyl (C=O) groups excluding carboxylic acids is 1. The molecule has 3 heteroatoms. The summed E-state index contributed by atoms with van der Waals surface area (Å²) in [5, 5.41) is 0. The van der Waals surface area contributed by atoms with Crippen LogP contribution < -0.4 is 0 Å². The van der Waals surface area contributed by atoms with E-state index in [1.54, 1.807) is 0 Å². The Labute approximate surface area is 104 Å². The largest absolute Gasteiger partial charge is 0.442 e. The van der Waals surface area contributed by atoms with Crippen LogP contribution in [0, 0.1) is 0 Å². The third kappa shape index (κ3) is 6.25. The summed E-state index contributed by atoms with van der Waals surface area (Å²) in [6.07, 6.45) is 13.5. The molecule has 0 aromatic carbocycles. The lowest BCUT2D eigenvalue weighted by atomic mass is 10.1. The van der Waals surface area contributed by atoms with Crippen molar-refractivity contribution in [2.24, 2.45) is 0 Å². The van der Waals surface area contributed by atoms with Crippen LogP contribution in [0.3, 0.4) is 0 Å². The fraction of sp³-hybridized carbons (Fsp3) is 0.714. The molecule has 3 nitrogen and oxygen atoms in total. The maximum absolute atomic E-state index is 11.5. The molecule has 0 aliphatic heterocycles. The molecule has 0 amide bonds. The average Bonchev–Trinajstić information content (AvgIpc) is 2.86. The van der Waals surface area contributed by atoms with Gasteiger partial charge in [0.1, 0.15) is 6.26 Å². The maximum atomic E-state index is 11.5. The number of nitrogens with zero attached hydrogens (tertiary/aromatic N) is 1. The van der Waals surface area contributed by atoms with Gasteiger partial charge in [-0.1, -0.05) is 51.9 Å². The van der Waals surface area contributed by atoms with Gasteiger partial charge in [-0.05, 0) is 6.42 Å². The molecule has 0 fully saturated rings. The topological polar surface area (TPSA) is 43.1 Å². The number of Topliss-reactive ketones (excluding diaryl/α,β-unsaturated/α-hetero) is 1. The van der Waals surface area contributed by atoms with Crippen LogP contribution in [0.1, 0.15) is 75.4 Å². The molecule has 0 saturated heterocycles. The van der Waals surface area contributed by atoms with Crippen LogP contribution in [0.25, 0.3) is 0 Å². The van der Waals surface area contributed by atoms with E-state index < -0.39 is 0 Å². The zero-order valence-corrected chi connectivity index (χ0v) is 10.8. The molecular formula is C14H23NO2. The molecule has 0 atom stereocenters. The first-order chi connectivity index (χ1) is 8.34. The molecule has 1 aromatic rings. The number of aromatic nitrogens is 1. The predicted molar refractivity (Wildman–Crippen MR) is 68.1 cm³/mol. The number of oxazole rings is 1. The molecule has 0 aliphatic rings. The Bertz CT molecular complexity index is 293. The van der Waals surface area contributed by atoms with E-state index in [9.17, 15) is 4.79 Å². The van der Waals surface area contributed by atoms with Crippen molar-refractivity contribution in [2.45, 2.75) is 64.7 Å². The van der Waals surface area contributed by atoms with Crippen LogP contribution in [0.4, 0.5) is 0 Å². The van der Waals surface area contributed by atoms with E-state index in [2.05, 4.69) is 11.9 Å².